The van der Waals surface area contributed by atoms with E-state index in [0.717, 1.165) is 11.3 Å². The lowest BCUT2D eigenvalue weighted by molar-refractivity contribution is -0.131. The van der Waals surface area contributed by atoms with Gasteiger partial charge in [-0.1, -0.05) is 43.6 Å². The molecule has 48 heavy (non-hydrogen) atoms. The van der Waals surface area contributed by atoms with Crippen molar-refractivity contribution < 1.29 is 23.2 Å². The summed E-state index contributed by atoms with van der Waals surface area (Å²) in [5.74, 6) is -2.85. The molecule has 5 rings (SSSR count). The maximum atomic E-state index is 13.2. The number of alkyl halides is 2. The summed E-state index contributed by atoms with van der Waals surface area (Å²) in [6.45, 7) is 10.7. The quantitative estimate of drug-likeness (QED) is 0.219. The third kappa shape index (κ3) is 9.93. The molecule has 1 aromatic heterocycles. The molecule has 0 radical (unpaired) electrons. The van der Waals surface area contributed by atoms with Crippen molar-refractivity contribution >= 4 is 41.3 Å². The van der Waals surface area contributed by atoms with Crippen LogP contribution >= 0.6 is 11.6 Å². The fourth-order valence-electron chi connectivity index (χ4n) is 4.84. The van der Waals surface area contributed by atoms with Gasteiger partial charge in [-0.25, -0.2) is 13.8 Å². The minimum atomic E-state index is -2.83. The number of carbonyl (C=O) groups is 3. The van der Waals surface area contributed by atoms with Crippen molar-refractivity contribution in [1.82, 2.24) is 10.3 Å². The first-order chi connectivity index (χ1) is 23.1. The van der Waals surface area contributed by atoms with Crippen molar-refractivity contribution in [1.29, 1.82) is 15.8 Å². The molecule has 2 aliphatic rings. The van der Waals surface area contributed by atoms with Crippen LogP contribution < -0.4 is 15.1 Å². The second kappa shape index (κ2) is 18.5. The second-order valence-corrected chi connectivity index (χ2v) is 10.5. The standard InChI is InChI=1S/C21H15ClF2N4O2.C10H9N3O.C2H6.C2H4/c22-18-4-2-1-3-17(18)19(20(30)27-15-8-21(23,24)9-15)28(12-29)16-6-13(10-25)5-14(7-16)11-26;11-7-8-3-4-12-9(6-8)13-5-1-2-10(13)14;2*1-2/h1-7,12,15,19H,8-9H2,(H,27,30);3-4,6H,1-2,5H2;1-2H3;1-2H2. The number of carbonyl (C=O) groups excluding carboxylic acids is 3. The van der Waals surface area contributed by atoms with Gasteiger partial charge in [0.05, 0.1) is 34.9 Å². The van der Waals surface area contributed by atoms with Gasteiger partial charge in [-0.3, -0.25) is 24.2 Å². The summed E-state index contributed by atoms with van der Waals surface area (Å²) in [6.07, 6.45) is 2.41. The van der Waals surface area contributed by atoms with Gasteiger partial charge in [0.15, 0.2) is 0 Å². The number of hydrogen-bond acceptors (Lipinski definition) is 7. The maximum absolute atomic E-state index is 13.2. The summed E-state index contributed by atoms with van der Waals surface area (Å²) in [6, 6.07) is 17.4. The molecule has 13 heteroatoms. The van der Waals surface area contributed by atoms with E-state index in [4.69, 9.17) is 16.9 Å². The van der Waals surface area contributed by atoms with Crippen LogP contribution in [0.1, 0.15) is 67.8 Å². The number of rotatable bonds is 7. The largest absolute Gasteiger partial charge is 0.351 e. The van der Waals surface area contributed by atoms with Crippen molar-refractivity contribution in [2.75, 3.05) is 16.3 Å². The highest BCUT2D eigenvalue weighted by atomic mass is 35.5. The van der Waals surface area contributed by atoms with E-state index < -0.39 is 36.8 Å². The Balaban J connectivity index is 0.000000370. The summed E-state index contributed by atoms with van der Waals surface area (Å²) in [4.78, 5) is 43.2. The molecule has 2 heterocycles. The first kappa shape index (κ1) is 38.5. The lowest BCUT2D eigenvalue weighted by atomic mass is 9.87. The van der Waals surface area contributed by atoms with Crippen LogP contribution in [0.4, 0.5) is 20.3 Å². The number of nitrogens with one attached hydrogen (secondary N) is 1. The van der Waals surface area contributed by atoms with E-state index in [1.807, 2.05) is 32.1 Å². The minimum absolute atomic E-state index is 0.0904. The number of halogens is 3. The molecule has 2 aromatic carbocycles. The average Bonchev–Trinajstić information content (AvgIpc) is 3.54. The molecule has 3 aromatic rings. The van der Waals surface area contributed by atoms with Crippen LogP contribution in [-0.4, -0.2) is 41.7 Å². The molecule has 1 saturated carbocycles. The van der Waals surface area contributed by atoms with Gasteiger partial charge in [-0.05, 0) is 42.8 Å². The minimum Gasteiger partial charge on any atom is -0.351 e. The lowest BCUT2D eigenvalue weighted by Gasteiger charge is -2.37. The van der Waals surface area contributed by atoms with Gasteiger partial charge in [-0.15, -0.1) is 13.2 Å². The van der Waals surface area contributed by atoms with Gasteiger partial charge in [0, 0.05) is 54.3 Å². The zero-order valence-electron chi connectivity index (χ0n) is 26.5. The molecule has 2 fully saturated rings. The van der Waals surface area contributed by atoms with Crippen LogP contribution in [0.15, 0.2) is 74.0 Å². The monoisotopic (exact) mass is 673 g/mol. The first-order valence-electron chi connectivity index (χ1n) is 14.9. The van der Waals surface area contributed by atoms with E-state index in [-0.39, 0.29) is 33.3 Å². The van der Waals surface area contributed by atoms with Crippen molar-refractivity contribution in [3.05, 3.63) is 101 Å². The molecule has 1 aliphatic carbocycles. The predicted molar refractivity (Wildman–Crippen MR) is 178 cm³/mol. The Morgan fingerprint density at radius 2 is 1.67 bits per heavy atom. The Morgan fingerprint density at radius 1 is 1.06 bits per heavy atom. The molecule has 1 unspecified atom stereocenters. The Labute approximate surface area is 283 Å². The Morgan fingerprint density at radius 3 is 2.17 bits per heavy atom. The van der Waals surface area contributed by atoms with Gasteiger partial charge >= 0.3 is 0 Å². The number of amides is 3. The zero-order chi connectivity index (χ0) is 35.9. The van der Waals surface area contributed by atoms with Gasteiger partial charge in [0.1, 0.15) is 11.9 Å². The lowest BCUT2D eigenvalue weighted by Crippen LogP contribution is -2.53. The Kier molecular flexibility index (Phi) is 14.8. The molecule has 1 saturated heterocycles. The zero-order valence-corrected chi connectivity index (χ0v) is 27.3. The summed E-state index contributed by atoms with van der Waals surface area (Å²) in [7, 11) is 0. The number of pyridine rings is 1. The van der Waals surface area contributed by atoms with Gasteiger partial charge < -0.3 is 5.32 Å². The average molecular weight is 674 g/mol. The molecular formula is C35H34ClF2N7O3. The van der Waals surface area contributed by atoms with E-state index in [1.165, 1.54) is 30.3 Å². The maximum Gasteiger partial charge on any atom is 0.252 e. The highest BCUT2D eigenvalue weighted by Gasteiger charge is 2.47. The predicted octanol–water partition coefficient (Wildman–Crippen LogP) is 6.61. The summed E-state index contributed by atoms with van der Waals surface area (Å²) in [5, 5.41) is 29.8. The summed E-state index contributed by atoms with van der Waals surface area (Å²) < 4.78 is 26.4. The van der Waals surface area contributed by atoms with Crippen LogP contribution in [0, 0.1) is 34.0 Å². The smallest absolute Gasteiger partial charge is 0.252 e. The molecule has 1 aliphatic heterocycles. The Bertz CT molecular complexity index is 1690. The summed E-state index contributed by atoms with van der Waals surface area (Å²) in [5.41, 5.74) is 1.17. The second-order valence-electron chi connectivity index (χ2n) is 10.1. The third-order valence-corrected chi connectivity index (χ3v) is 7.32. The normalized spacial score (nSPS) is 14.6. The molecule has 3 amide bonds. The van der Waals surface area contributed by atoms with Crippen LogP contribution in [-0.2, 0) is 14.4 Å². The Hall–Kier alpha value is -5.64. The molecule has 1 atom stereocenters. The fraction of sp³-hybridized carbons (Fsp3) is 0.286. The van der Waals surface area contributed by atoms with Crippen LogP contribution in [0.25, 0.3) is 0 Å². The number of anilines is 2. The molecule has 1 N–H and O–H groups in total. The van der Waals surface area contributed by atoms with Crippen molar-refractivity contribution in [3.8, 4) is 18.2 Å². The van der Waals surface area contributed by atoms with Crippen molar-refractivity contribution in [2.24, 2.45) is 0 Å². The molecular weight excluding hydrogens is 640 g/mol. The number of hydrogen-bond donors (Lipinski definition) is 1. The highest BCUT2D eigenvalue weighted by Crippen LogP contribution is 2.38. The summed E-state index contributed by atoms with van der Waals surface area (Å²) >= 11 is 6.25. The highest BCUT2D eigenvalue weighted by molar-refractivity contribution is 6.31. The van der Waals surface area contributed by atoms with Crippen LogP contribution in [0.5, 0.6) is 0 Å². The first-order valence-corrected chi connectivity index (χ1v) is 15.2. The third-order valence-electron chi connectivity index (χ3n) is 6.98. The molecule has 10 nitrogen and oxygen atoms in total. The molecule has 248 valence electrons. The van der Waals surface area contributed by atoms with Crippen molar-refractivity contribution in [3.63, 3.8) is 0 Å². The number of aromatic nitrogens is 1. The number of nitrogens with zero attached hydrogens (tertiary/aromatic N) is 6. The van der Waals surface area contributed by atoms with Crippen LogP contribution in [0.3, 0.4) is 0 Å². The van der Waals surface area contributed by atoms with E-state index in [9.17, 15) is 33.7 Å². The van der Waals surface area contributed by atoms with E-state index in [0.29, 0.717) is 30.8 Å². The van der Waals surface area contributed by atoms with Gasteiger partial charge in [0.25, 0.3) is 5.92 Å². The van der Waals surface area contributed by atoms with E-state index >= 15 is 0 Å². The van der Waals surface area contributed by atoms with E-state index in [1.54, 1.807) is 35.4 Å². The van der Waals surface area contributed by atoms with Gasteiger partial charge in [0.2, 0.25) is 18.2 Å². The van der Waals surface area contributed by atoms with Crippen molar-refractivity contribution in [2.45, 2.75) is 57.5 Å². The molecule has 0 bridgehead atoms. The molecule has 0 spiro atoms. The SMILES string of the molecule is C=C.CC.N#Cc1cc(C#N)cc(N(C=O)C(C(=O)NC2CC(F)(F)C2)c2ccccc2Cl)c1.N#Cc1ccnc(N2CCCC2=O)c1. The number of nitriles is 3. The van der Waals surface area contributed by atoms with Crippen LogP contribution in [0.2, 0.25) is 5.02 Å². The topological polar surface area (TPSA) is 154 Å². The fourth-order valence-corrected chi connectivity index (χ4v) is 5.08. The number of benzene rings is 2. The van der Waals surface area contributed by atoms with Gasteiger partial charge in [-0.2, -0.15) is 15.8 Å². The van der Waals surface area contributed by atoms with E-state index in [2.05, 4.69) is 23.5 Å².